The summed E-state index contributed by atoms with van der Waals surface area (Å²) in [7, 11) is 2.04. The Labute approximate surface area is 338 Å². The first-order chi connectivity index (χ1) is 28.8. The van der Waals surface area contributed by atoms with Crippen molar-refractivity contribution in [3.05, 3.63) is 108 Å². The highest BCUT2D eigenvalue weighted by atomic mass is 16.5. The molecule has 1 unspecified atom stereocenters. The highest BCUT2D eigenvalue weighted by Gasteiger charge is 2.39. The first-order valence-corrected chi connectivity index (χ1v) is 19.3. The lowest BCUT2D eigenvalue weighted by atomic mass is 9.92. The van der Waals surface area contributed by atoms with Crippen molar-refractivity contribution in [1.82, 2.24) is 29.7 Å². The molecular weight excluding hydrogens is 751 g/mol. The van der Waals surface area contributed by atoms with Crippen LogP contribution in [-0.2, 0) is 27.9 Å². The first kappa shape index (κ1) is 37.3. The maximum Gasteiger partial charge on any atom is 0.255 e. The largest absolute Gasteiger partial charge is 0.491 e. The summed E-state index contributed by atoms with van der Waals surface area (Å²) in [5.74, 6) is 6.49. The molecule has 6 aromatic rings. The molecule has 1 aliphatic carbocycles. The average Bonchev–Trinajstić information content (AvgIpc) is 3.72. The van der Waals surface area contributed by atoms with Crippen LogP contribution in [0.4, 0.5) is 0 Å². The Hall–Kier alpha value is -7.29. The molecule has 2 aliphatic heterocycles. The lowest BCUT2D eigenvalue weighted by molar-refractivity contribution is -0.136. The van der Waals surface area contributed by atoms with Gasteiger partial charge in [-0.25, -0.2) is 9.97 Å². The fourth-order valence-corrected chi connectivity index (χ4v) is 7.71. The molecule has 1 N–H and O–H groups in total. The van der Waals surface area contributed by atoms with Gasteiger partial charge in [-0.05, 0) is 72.0 Å². The van der Waals surface area contributed by atoms with E-state index in [4.69, 9.17) is 18.9 Å². The number of nitrogens with zero attached hydrogens (tertiary/aromatic N) is 6. The Balaban J connectivity index is 0.697. The summed E-state index contributed by atoms with van der Waals surface area (Å²) in [6.07, 6.45) is 8.72. The van der Waals surface area contributed by atoms with Gasteiger partial charge in [-0.1, -0.05) is 18.1 Å². The number of aromatic nitrogens is 4. The third kappa shape index (κ3) is 7.61. The zero-order chi connectivity index (χ0) is 40.5. The van der Waals surface area contributed by atoms with Crippen LogP contribution >= 0.6 is 0 Å². The molecule has 3 amide bonds. The van der Waals surface area contributed by atoms with Crippen LogP contribution in [0.5, 0.6) is 17.4 Å². The van der Waals surface area contributed by atoms with Crippen molar-refractivity contribution in [3.8, 4) is 46.4 Å². The summed E-state index contributed by atoms with van der Waals surface area (Å²) in [5.41, 5.74) is 6.24. The summed E-state index contributed by atoms with van der Waals surface area (Å²) in [5, 5.41) is 14.5. The number of piperidine rings is 1. The minimum absolute atomic E-state index is 0.0475. The second-order valence-electron chi connectivity index (χ2n) is 14.6. The van der Waals surface area contributed by atoms with Gasteiger partial charge in [0.2, 0.25) is 17.7 Å². The van der Waals surface area contributed by atoms with Crippen LogP contribution in [0.25, 0.3) is 32.9 Å². The molecule has 59 heavy (non-hydrogen) atoms. The van der Waals surface area contributed by atoms with Crippen molar-refractivity contribution in [2.75, 3.05) is 19.8 Å². The van der Waals surface area contributed by atoms with E-state index < -0.39 is 11.9 Å². The number of hydrogen-bond donors (Lipinski definition) is 1. The molecule has 4 aromatic heterocycles. The molecule has 1 saturated carbocycles. The molecule has 1 atom stereocenters. The number of rotatable bonds is 11. The second kappa shape index (κ2) is 15.9. The van der Waals surface area contributed by atoms with Crippen molar-refractivity contribution >= 4 is 39.5 Å². The molecule has 0 bridgehead atoms. The van der Waals surface area contributed by atoms with E-state index in [0.717, 1.165) is 38.5 Å². The highest BCUT2D eigenvalue weighted by Crippen LogP contribution is 2.35. The van der Waals surface area contributed by atoms with Gasteiger partial charge in [0.25, 0.3) is 5.91 Å². The summed E-state index contributed by atoms with van der Waals surface area (Å²) in [6.45, 7) is 1.06. The van der Waals surface area contributed by atoms with Crippen LogP contribution in [0.15, 0.2) is 85.5 Å². The zero-order valence-corrected chi connectivity index (χ0v) is 32.0. The van der Waals surface area contributed by atoms with Crippen LogP contribution in [0, 0.1) is 23.2 Å². The van der Waals surface area contributed by atoms with Crippen molar-refractivity contribution in [3.63, 3.8) is 0 Å². The zero-order valence-electron chi connectivity index (χ0n) is 32.0. The third-order valence-corrected chi connectivity index (χ3v) is 10.9. The van der Waals surface area contributed by atoms with Gasteiger partial charge in [0.1, 0.15) is 60.3 Å². The van der Waals surface area contributed by atoms with Gasteiger partial charge in [0.05, 0.1) is 18.3 Å². The molecule has 3 aliphatic rings. The topological polar surface area (TPSA) is 171 Å². The summed E-state index contributed by atoms with van der Waals surface area (Å²) in [4.78, 5) is 51.4. The normalized spacial score (nSPS) is 18.4. The van der Waals surface area contributed by atoms with Crippen molar-refractivity contribution < 1.29 is 33.3 Å². The van der Waals surface area contributed by atoms with Crippen LogP contribution in [0.2, 0.25) is 0 Å². The van der Waals surface area contributed by atoms with E-state index in [-0.39, 0.29) is 50.2 Å². The van der Waals surface area contributed by atoms with Gasteiger partial charge < -0.3 is 28.4 Å². The fraction of sp³-hybridized carbons (Fsp3) is 0.267. The standard InChI is InChI=1S/C45H37N7O7/c1-51-39-12-13-47-25-38(39)37-8-4-27(19-41(37)51)29-17-28(22-46)44(49-23-29)59-35-20-34(21-35)58-33-6-5-31(48-24-33)3-2-14-56-15-16-57-32-7-9-36-30(18-32)26-52(45(36)55)40-10-11-42(53)50-43(40)54/h4-9,12-13,17-19,23-25,34-35,40H,10-11,14-16,20-21,26H2,1H3,(H,50,53,54). The number of amides is 3. The fourth-order valence-electron chi connectivity index (χ4n) is 7.71. The van der Waals surface area contributed by atoms with Gasteiger partial charge in [-0.3, -0.25) is 24.7 Å². The monoisotopic (exact) mass is 787 g/mol. The maximum atomic E-state index is 12.9. The number of hydrogen-bond acceptors (Lipinski definition) is 11. The third-order valence-electron chi connectivity index (χ3n) is 10.9. The molecule has 14 nitrogen and oxygen atoms in total. The number of aryl methyl sites for hydroxylation is 1. The van der Waals surface area contributed by atoms with Gasteiger partial charge in [0.15, 0.2) is 0 Å². The van der Waals surface area contributed by atoms with E-state index in [1.165, 1.54) is 4.90 Å². The lowest BCUT2D eigenvalue weighted by Crippen LogP contribution is -2.52. The number of ether oxygens (including phenoxy) is 4. The van der Waals surface area contributed by atoms with E-state index >= 15 is 0 Å². The molecule has 2 aromatic carbocycles. The molecule has 9 rings (SSSR count). The Bertz CT molecular complexity index is 2740. The minimum atomic E-state index is -0.658. The van der Waals surface area contributed by atoms with Crippen LogP contribution in [-0.4, -0.2) is 80.2 Å². The summed E-state index contributed by atoms with van der Waals surface area (Å²) < 4.78 is 25.8. The predicted molar refractivity (Wildman–Crippen MR) is 214 cm³/mol. The van der Waals surface area contributed by atoms with Gasteiger partial charge >= 0.3 is 0 Å². The van der Waals surface area contributed by atoms with E-state index in [1.54, 1.807) is 42.9 Å². The Morgan fingerprint density at radius 2 is 1.73 bits per heavy atom. The smallest absolute Gasteiger partial charge is 0.255 e. The number of nitriles is 1. The SMILES string of the molecule is Cn1c2ccncc2c2ccc(-c3cnc(OC4CC(Oc5ccc(C#CCOCCOc6ccc7c(c6)CN(C6CCC(=O)NC6=O)C7=O)nc5)C4)c(C#N)c3)cc21. The van der Waals surface area contributed by atoms with Crippen molar-refractivity contribution in [2.45, 2.75) is 50.5 Å². The Morgan fingerprint density at radius 3 is 2.56 bits per heavy atom. The molecule has 1 saturated heterocycles. The molecule has 0 spiro atoms. The average molecular weight is 788 g/mol. The maximum absolute atomic E-state index is 12.9. The molecule has 2 fully saturated rings. The number of carbonyl (C=O) groups is 3. The number of carbonyl (C=O) groups excluding carboxylic acids is 3. The van der Waals surface area contributed by atoms with Crippen molar-refractivity contribution in [2.24, 2.45) is 7.05 Å². The van der Waals surface area contributed by atoms with E-state index in [1.807, 2.05) is 37.5 Å². The Morgan fingerprint density at radius 1 is 0.864 bits per heavy atom. The predicted octanol–water partition coefficient (Wildman–Crippen LogP) is 5.25. The van der Waals surface area contributed by atoms with E-state index in [0.29, 0.717) is 60.1 Å². The molecular formula is C45H37N7O7. The highest BCUT2D eigenvalue weighted by molar-refractivity contribution is 6.08. The number of benzene rings is 2. The molecule has 14 heteroatoms. The summed E-state index contributed by atoms with van der Waals surface area (Å²) >= 11 is 0. The van der Waals surface area contributed by atoms with E-state index in [9.17, 15) is 19.6 Å². The number of fused-ring (bicyclic) bond motifs is 4. The molecule has 6 heterocycles. The first-order valence-electron chi connectivity index (χ1n) is 19.3. The van der Waals surface area contributed by atoms with Gasteiger partial charge in [-0.15, -0.1) is 0 Å². The molecule has 294 valence electrons. The second-order valence-corrected chi connectivity index (χ2v) is 14.6. The van der Waals surface area contributed by atoms with Crippen LogP contribution < -0.4 is 19.5 Å². The quantitative estimate of drug-likeness (QED) is 0.103. The summed E-state index contributed by atoms with van der Waals surface area (Å²) in [6, 6.07) is 20.5. The number of pyridine rings is 3. The van der Waals surface area contributed by atoms with Crippen LogP contribution in [0.3, 0.4) is 0 Å². The number of imide groups is 1. The van der Waals surface area contributed by atoms with Crippen molar-refractivity contribution in [1.29, 1.82) is 5.26 Å². The number of nitrogens with one attached hydrogen (secondary N) is 1. The minimum Gasteiger partial charge on any atom is -0.491 e. The Kier molecular flexibility index (Phi) is 10.1. The van der Waals surface area contributed by atoms with Gasteiger partial charge in [0, 0.05) is 78.9 Å². The lowest BCUT2D eigenvalue weighted by Gasteiger charge is -2.35. The van der Waals surface area contributed by atoms with Gasteiger partial charge in [-0.2, -0.15) is 5.26 Å². The van der Waals surface area contributed by atoms with E-state index in [2.05, 4.69) is 54.9 Å². The van der Waals surface area contributed by atoms with Crippen LogP contribution in [0.1, 0.15) is 52.9 Å². The molecule has 0 radical (unpaired) electrons.